The van der Waals surface area contributed by atoms with Gasteiger partial charge in [0.2, 0.25) is 15.9 Å². The second-order valence-electron chi connectivity index (χ2n) is 6.70. The fourth-order valence-electron chi connectivity index (χ4n) is 3.21. The first-order valence-electron chi connectivity index (χ1n) is 8.85. The minimum absolute atomic E-state index is 0.00135. The van der Waals surface area contributed by atoms with Crippen molar-refractivity contribution in [1.82, 2.24) is 9.62 Å². The summed E-state index contributed by atoms with van der Waals surface area (Å²) in [5, 5.41) is 2.95. The van der Waals surface area contributed by atoms with Crippen LogP contribution >= 0.6 is 0 Å². The van der Waals surface area contributed by atoms with E-state index in [1.165, 1.54) is 4.31 Å². The van der Waals surface area contributed by atoms with Crippen molar-refractivity contribution in [2.75, 3.05) is 13.1 Å². The van der Waals surface area contributed by atoms with E-state index in [1.807, 2.05) is 43.3 Å². The molecular weight excluding hydrogens is 348 g/mol. The Kier molecular flexibility index (Phi) is 5.74. The fourth-order valence-corrected chi connectivity index (χ4v) is 4.79. The summed E-state index contributed by atoms with van der Waals surface area (Å²) in [6.45, 7) is 3.13. The molecule has 2 aromatic rings. The molecule has 0 bridgehead atoms. The Morgan fingerprint density at radius 3 is 2.42 bits per heavy atom. The zero-order valence-corrected chi connectivity index (χ0v) is 15.7. The van der Waals surface area contributed by atoms with Crippen molar-refractivity contribution in [3.8, 4) is 0 Å². The number of sulfonamides is 1. The third-order valence-corrected chi connectivity index (χ3v) is 6.66. The van der Waals surface area contributed by atoms with Crippen molar-refractivity contribution in [1.29, 1.82) is 0 Å². The minimum atomic E-state index is -3.49. The molecule has 5 nitrogen and oxygen atoms in total. The summed E-state index contributed by atoms with van der Waals surface area (Å²) in [7, 11) is -3.49. The minimum Gasteiger partial charge on any atom is -0.352 e. The van der Waals surface area contributed by atoms with Gasteiger partial charge in [0.1, 0.15) is 0 Å². The summed E-state index contributed by atoms with van der Waals surface area (Å²) in [6, 6.07) is 16.7. The first-order valence-corrected chi connectivity index (χ1v) is 10.3. The lowest BCUT2D eigenvalue weighted by Crippen LogP contribution is -2.42. The standard InChI is InChI=1S/C20H24N2O3S/c1-16-6-5-9-19(14-16)26(24,25)22-12-10-18(11-13-22)20(23)21-15-17-7-3-2-4-8-17/h2-9,14,18H,10-13,15H2,1H3,(H,21,23). The lowest BCUT2D eigenvalue weighted by molar-refractivity contribution is -0.126. The smallest absolute Gasteiger partial charge is 0.243 e. The molecule has 1 amide bonds. The third-order valence-electron chi connectivity index (χ3n) is 4.76. The van der Waals surface area contributed by atoms with Crippen LogP contribution in [0.5, 0.6) is 0 Å². The van der Waals surface area contributed by atoms with Crippen LogP contribution in [0, 0.1) is 12.8 Å². The zero-order chi connectivity index (χ0) is 18.6. The van der Waals surface area contributed by atoms with Crippen LogP contribution in [0.3, 0.4) is 0 Å². The van der Waals surface area contributed by atoms with Crippen molar-refractivity contribution in [2.45, 2.75) is 31.2 Å². The second kappa shape index (κ2) is 8.01. The van der Waals surface area contributed by atoms with Gasteiger partial charge in [0, 0.05) is 25.6 Å². The van der Waals surface area contributed by atoms with Gasteiger partial charge >= 0.3 is 0 Å². The average molecular weight is 372 g/mol. The maximum Gasteiger partial charge on any atom is 0.243 e. The summed E-state index contributed by atoms with van der Waals surface area (Å²) in [4.78, 5) is 12.7. The molecule has 1 heterocycles. The van der Waals surface area contributed by atoms with Gasteiger partial charge in [-0.25, -0.2) is 8.42 Å². The SMILES string of the molecule is Cc1cccc(S(=O)(=O)N2CCC(C(=O)NCc3ccccc3)CC2)c1. The monoisotopic (exact) mass is 372 g/mol. The second-order valence-corrected chi connectivity index (χ2v) is 8.64. The Morgan fingerprint density at radius 1 is 1.08 bits per heavy atom. The molecule has 0 spiro atoms. The van der Waals surface area contributed by atoms with Gasteiger partial charge in [0.05, 0.1) is 4.90 Å². The van der Waals surface area contributed by atoms with Crippen LogP contribution in [-0.4, -0.2) is 31.7 Å². The van der Waals surface area contributed by atoms with E-state index in [2.05, 4.69) is 5.32 Å². The van der Waals surface area contributed by atoms with Gasteiger partial charge < -0.3 is 5.32 Å². The first kappa shape index (κ1) is 18.6. The van der Waals surface area contributed by atoms with Crippen LogP contribution in [0.2, 0.25) is 0 Å². The summed E-state index contributed by atoms with van der Waals surface area (Å²) in [5.41, 5.74) is 1.97. The maximum absolute atomic E-state index is 12.8. The summed E-state index contributed by atoms with van der Waals surface area (Å²) in [5.74, 6) is -0.135. The van der Waals surface area contributed by atoms with E-state index < -0.39 is 10.0 Å². The number of nitrogens with zero attached hydrogens (tertiary/aromatic N) is 1. The molecule has 0 aliphatic carbocycles. The van der Waals surface area contributed by atoms with Gasteiger partial charge in [-0.05, 0) is 43.0 Å². The molecule has 0 unspecified atom stereocenters. The Bertz CT molecular complexity index is 858. The summed E-state index contributed by atoms with van der Waals surface area (Å²) in [6.07, 6.45) is 1.09. The molecule has 6 heteroatoms. The summed E-state index contributed by atoms with van der Waals surface area (Å²) < 4.78 is 27.0. The molecule has 1 saturated heterocycles. The first-order chi connectivity index (χ1) is 12.5. The van der Waals surface area contributed by atoms with Crippen molar-refractivity contribution >= 4 is 15.9 Å². The van der Waals surface area contributed by atoms with Gasteiger partial charge in [-0.1, -0.05) is 42.5 Å². The van der Waals surface area contributed by atoms with Crippen LogP contribution in [0.4, 0.5) is 0 Å². The number of carbonyl (C=O) groups is 1. The topological polar surface area (TPSA) is 66.5 Å². The molecule has 0 radical (unpaired) electrons. The van der Waals surface area contributed by atoms with Crippen molar-refractivity contribution in [2.24, 2.45) is 5.92 Å². The number of aryl methyl sites for hydroxylation is 1. The maximum atomic E-state index is 12.8. The number of piperidine rings is 1. The van der Waals surface area contributed by atoms with Crippen molar-refractivity contribution in [3.63, 3.8) is 0 Å². The van der Waals surface area contributed by atoms with Crippen LogP contribution in [0.1, 0.15) is 24.0 Å². The highest BCUT2D eigenvalue weighted by molar-refractivity contribution is 7.89. The molecule has 0 saturated carbocycles. The highest BCUT2D eigenvalue weighted by Gasteiger charge is 2.31. The molecule has 0 aromatic heterocycles. The number of carbonyl (C=O) groups excluding carboxylic acids is 1. The van der Waals surface area contributed by atoms with E-state index in [1.54, 1.807) is 18.2 Å². The normalized spacial score (nSPS) is 16.3. The van der Waals surface area contributed by atoms with Crippen molar-refractivity contribution in [3.05, 3.63) is 65.7 Å². The van der Waals surface area contributed by atoms with E-state index in [9.17, 15) is 13.2 Å². The highest BCUT2D eigenvalue weighted by atomic mass is 32.2. The molecule has 1 N–H and O–H groups in total. The average Bonchev–Trinajstić information content (AvgIpc) is 2.67. The van der Waals surface area contributed by atoms with Gasteiger partial charge in [0.25, 0.3) is 0 Å². The quantitative estimate of drug-likeness (QED) is 0.878. The largest absolute Gasteiger partial charge is 0.352 e. The fraction of sp³-hybridized carbons (Fsp3) is 0.350. The van der Waals surface area contributed by atoms with Crippen LogP contribution in [0.15, 0.2) is 59.5 Å². The molecular formula is C20H24N2O3S. The molecule has 138 valence electrons. The van der Waals surface area contributed by atoms with E-state index in [0.29, 0.717) is 37.4 Å². The van der Waals surface area contributed by atoms with Crippen LogP contribution in [0.25, 0.3) is 0 Å². The lowest BCUT2D eigenvalue weighted by Gasteiger charge is -2.30. The lowest BCUT2D eigenvalue weighted by atomic mass is 9.97. The van der Waals surface area contributed by atoms with E-state index in [-0.39, 0.29) is 11.8 Å². The molecule has 26 heavy (non-hydrogen) atoms. The number of nitrogens with one attached hydrogen (secondary N) is 1. The Labute approximate surface area is 155 Å². The Balaban J connectivity index is 1.56. The summed E-state index contributed by atoms with van der Waals surface area (Å²) >= 11 is 0. The molecule has 1 aliphatic heterocycles. The number of hydrogen-bond acceptors (Lipinski definition) is 3. The van der Waals surface area contributed by atoms with E-state index in [4.69, 9.17) is 0 Å². The van der Waals surface area contributed by atoms with E-state index >= 15 is 0 Å². The van der Waals surface area contributed by atoms with Crippen LogP contribution < -0.4 is 5.32 Å². The predicted molar refractivity (Wildman–Crippen MR) is 101 cm³/mol. The van der Waals surface area contributed by atoms with E-state index in [0.717, 1.165) is 11.1 Å². The van der Waals surface area contributed by atoms with Gasteiger partial charge in [-0.2, -0.15) is 4.31 Å². The zero-order valence-electron chi connectivity index (χ0n) is 14.9. The van der Waals surface area contributed by atoms with Crippen LogP contribution in [-0.2, 0) is 21.4 Å². The highest BCUT2D eigenvalue weighted by Crippen LogP contribution is 2.24. The number of amides is 1. The number of rotatable bonds is 5. The van der Waals surface area contributed by atoms with Gasteiger partial charge in [-0.3, -0.25) is 4.79 Å². The van der Waals surface area contributed by atoms with Gasteiger partial charge in [-0.15, -0.1) is 0 Å². The predicted octanol–water partition coefficient (Wildman–Crippen LogP) is 2.71. The Morgan fingerprint density at radius 2 is 1.77 bits per heavy atom. The molecule has 1 aliphatic rings. The third kappa shape index (κ3) is 4.31. The Hall–Kier alpha value is -2.18. The number of benzene rings is 2. The van der Waals surface area contributed by atoms with Crippen molar-refractivity contribution < 1.29 is 13.2 Å². The van der Waals surface area contributed by atoms with Gasteiger partial charge in [0.15, 0.2) is 0 Å². The molecule has 3 rings (SSSR count). The number of hydrogen-bond donors (Lipinski definition) is 1. The molecule has 1 fully saturated rings. The molecule has 0 atom stereocenters. The molecule has 2 aromatic carbocycles.